The largest absolute Gasteiger partial charge is 0.480 e. The Morgan fingerprint density at radius 2 is 1.82 bits per heavy atom. The van der Waals surface area contributed by atoms with E-state index in [4.69, 9.17) is 5.11 Å². The summed E-state index contributed by atoms with van der Waals surface area (Å²) in [6.07, 6.45) is -2.32. The summed E-state index contributed by atoms with van der Waals surface area (Å²) in [5, 5.41) is 12.0. The number of carboxylic acids is 1. The molecule has 0 spiro atoms. The van der Waals surface area contributed by atoms with Gasteiger partial charge in [-0.25, -0.2) is 16.8 Å². The normalized spacial score (nSPS) is 17.2. The molecule has 1 aromatic heterocycles. The zero-order valence-corrected chi connectivity index (χ0v) is 20.2. The van der Waals surface area contributed by atoms with E-state index in [-0.39, 0.29) is 0 Å². The molecule has 34 heavy (non-hydrogen) atoms. The summed E-state index contributed by atoms with van der Waals surface area (Å²) in [5.41, 5.74) is -0.395. The maximum absolute atomic E-state index is 13.5. The lowest BCUT2D eigenvalue weighted by Crippen LogP contribution is -2.34. The molecule has 0 saturated heterocycles. The molecule has 1 heterocycles. The summed E-state index contributed by atoms with van der Waals surface area (Å²) < 4.78 is 94.7. The lowest BCUT2D eigenvalue weighted by Gasteiger charge is -2.31. The van der Waals surface area contributed by atoms with Gasteiger partial charge in [-0.3, -0.25) is 9.48 Å². The van der Waals surface area contributed by atoms with Gasteiger partial charge in [0.1, 0.15) is 6.54 Å². The minimum Gasteiger partial charge on any atom is -0.480 e. The van der Waals surface area contributed by atoms with Crippen LogP contribution in [-0.2, 0) is 43.8 Å². The van der Waals surface area contributed by atoms with Gasteiger partial charge in [-0.05, 0) is 51.3 Å². The highest BCUT2D eigenvalue weighted by atomic mass is 32.2. The maximum atomic E-state index is 13.5. The molecule has 1 N–H and O–H groups in total. The van der Waals surface area contributed by atoms with E-state index < -0.39 is 65.2 Å². The van der Waals surface area contributed by atoms with Crippen LogP contribution in [0.1, 0.15) is 49.6 Å². The lowest BCUT2D eigenvalue weighted by molar-refractivity contribution is -0.138. The van der Waals surface area contributed by atoms with E-state index >= 15 is 0 Å². The van der Waals surface area contributed by atoms with Crippen LogP contribution in [0.2, 0.25) is 0 Å². The Hall–Kier alpha value is -2.45. The van der Waals surface area contributed by atoms with E-state index in [9.17, 15) is 34.8 Å². The van der Waals surface area contributed by atoms with Crippen molar-refractivity contribution < 1.29 is 39.9 Å². The number of alkyl halides is 3. The van der Waals surface area contributed by atoms with E-state index in [0.717, 1.165) is 10.4 Å². The van der Waals surface area contributed by atoms with Crippen molar-refractivity contribution in [3.05, 3.63) is 41.2 Å². The van der Waals surface area contributed by atoms with Gasteiger partial charge in [-0.15, -0.1) is 0 Å². The van der Waals surface area contributed by atoms with E-state index in [1.54, 1.807) is 0 Å². The SMILES string of the molecule is CC(C)S(=O)(=O)c1cc(C(F)(F)F)cc(S(=O)(=O)N(C)[C@@H]2CCCc3c2cnn3CC(=O)O)c1. The maximum Gasteiger partial charge on any atom is 0.416 e. The Bertz CT molecular complexity index is 1320. The molecule has 0 unspecified atom stereocenters. The van der Waals surface area contributed by atoms with Crippen LogP contribution >= 0.6 is 0 Å². The highest BCUT2D eigenvalue weighted by molar-refractivity contribution is 7.92. The standard InChI is InChI=1S/C20H24F3N3O6S2/c1-12(2)33(29,30)14-7-13(20(21,22)23)8-15(9-14)34(31,32)25(3)17-5-4-6-18-16(17)10-24-26(18)11-19(27)28/h7-10,12,17H,4-6,11H2,1-3H3,(H,27,28)/t17-/m1/s1. The molecule has 0 fully saturated rings. The third-order valence-electron chi connectivity index (χ3n) is 5.79. The molecule has 0 saturated carbocycles. The molecule has 1 aliphatic carbocycles. The van der Waals surface area contributed by atoms with Crippen molar-refractivity contribution >= 4 is 25.8 Å². The van der Waals surface area contributed by atoms with Crippen LogP contribution in [0.25, 0.3) is 0 Å². The topological polar surface area (TPSA) is 127 Å². The number of sulfonamides is 1. The van der Waals surface area contributed by atoms with Gasteiger partial charge in [0.15, 0.2) is 9.84 Å². The van der Waals surface area contributed by atoms with E-state index in [1.807, 2.05) is 0 Å². The Morgan fingerprint density at radius 3 is 2.38 bits per heavy atom. The first-order valence-corrected chi connectivity index (χ1v) is 13.3. The van der Waals surface area contributed by atoms with Gasteiger partial charge in [0, 0.05) is 18.3 Å². The summed E-state index contributed by atoms with van der Waals surface area (Å²) >= 11 is 0. The first-order valence-electron chi connectivity index (χ1n) is 10.3. The molecular formula is C20H24F3N3O6S2. The molecule has 3 rings (SSSR count). The first kappa shape index (κ1) is 26.2. The van der Waals surface area contributed by atoms with Gasteiger partial charge in [-0.2, -0.15) is 22.6 Å². The van der Waals surface area contributed by atoms with Gasteiger partial charge >= 0.3 is 12.1 Å². The van der Waals surface area contributed by atoms with Crippen LogP contribution in [0.4, 0.5) is 13.2 Å². The van der Waals surface area contributed by atoms with Crippen LogP contribution in [0, 0.1) is 0 Å². The predicted molar refractivity (Wildman–Crippen MR) is 114 cm³/mol. The molecule has 188 valence electrons. The summed E-state index contributed by atoms with van der Waals surface area (Å²) in [6.45, 7) is 2.16. The summed E-state index contributed by atoms with van der Waals surface area (Å²) in [7, 11) is -7.58. The number of fused-ring (bicyclic) bond motifs is 1. The third kappa shape index (κ3) is 4.84. The smallest absolute Gasteiger partial charge is 0.416 e. The van der Waals surface area contributed by atoms with Crippen molar-refractivity contribution in [2.45, 2.75) is 66.9 Å². The number of sulfone groups is 1. The quantitative estimate of drug-likeness (QED) is 0.591. The lowest BCUT2D eigenvalue weighted by atomic mass is 9.93. The Balaban J connectivity index is 2.11. The van der Waals surface area contributed by atoms with Crippen LogP contribution in [-0.4, -0.2) is 54.3 Å². The number of benzene rings is 1. The number of hydrogen-bond donors (Lipinski definition) is 1. The number of nitrogens with zero attached hydrogens (tertiary/aromatic N) is 3. The number of rotatable bonds is 7. The molecule has 1 aromatic carbocycles. The first-order chi connectivity index (χ1) is 15.6. The van der Waals surface area contributed by atoms with E-state index in [0.29, 0.717) is 42.7 Å². The number of halogens is 3. The summed E-state index contributed by atoms with van der Waals surface area (Å²) in [4.78, 5) is 9.55. The summed E-state index contributed by atoms with van der Waals surface area (Å²) in [6, 6.07) is 0.788. The number of hydrogen-bond acceptors (Lipinski definition) is 6. The molecule has 0 radical (unpaired) electrons. The number of carbonyl (C=O) groups is 1. The van der Waals surface area contributed by atoms with Crippen LogP contribution in [0.15, 0.2) is 34.2 Å². The van der Waals surface area contributed by atoms with Crippen LogP contribution in [0.3, 0.4) is 0 Å². The number of carboxylic acid groups (broad SMARTS) is 1. The fourth-order valence-electron chi connectivity index (χ4n) is 3.89. The Labute approximate surface area is 195 Å². The second kappa shape index (κ2) is 8.96. The molecule has 0 aliphatic heterocycles. The van der Waals surface area contributed by atoms with Crippen LogP contribution in [0.5, 0.6) is 0 Å². The molecule has 14 heteroatoms. The highest BCUT2D eigenvalue weighted by Crippen LogP contribution is 2.39. The van der Waals surface area contributed by atoms with E-state index in [1.165, 1.54) is 31.8 Å². The van der Waals surface area contributed by atoms with Crippen molar-refractivity contribution in [1.29, 1.82) is 0 Å². The third-order valence-corrected chi connectivity index (χ3v) is 9.77. The summed E-state index contributed by atoms with van der Waals surface area (Å²) in [5.74, 6) is -1.13. The molecule has 1 aliphatic rings. The van der Waals surface area contributed by atoms with Crippen molar-refractivity contribution in [2.75, 3.05) is 7.05 Å². The zero-order chi connectivity index (χ0) is 25.6. The molecule has 1 atom stereocenters. The Kier molecular flexibility index (Phi) is 6.90. The zero-order valence-electron chi connectivity index (χ0n) is 18.6. The monoisotopic (exact) mass is 523 g/mol. The Morgan fingerprint density at radius 1 is 1.21 bits per heavy atom. The minimum atomic E-state index is -4.97. The second-order valence-corrected chi connectivity index (χ2v) is 12.8. The van der Waals surface area contributed by atoms with Crippen molar-refractivity contribution in [3.8, 4) is 0 Å². The van der Waals surface area contributed by atoms with E-state index in [2.05, 4.69) is 5.10 Å². The highest BCUT2D eigenvalue weighted by Gasteiger charge is 2.38. The fraction of sp³-hybridized carbons (Fsp3) is 0.500. The van der Waals surface area contributed by atoms with Crippen molar-refractivity contribution in [1.82, 2.24) is 14.1 Å². The number of aliphatic carboxylic acids is 1. The molecule has 9 nitrogen and oxygen atoms in total. The van der Waals surface area contributed by atoms with Crippen molar-refractivity contribution in [3.63, 3.8) is 0 Å². The van der Waals surface area contributed by atoms with Gasteiger partial charge < -0.3 is 5.11 Å². The van der Waals surface area contributed by atoms with Crippen LogP contribution < -0.4 is 0 Å². The number of aromatic nitrogens is 2. The van der Waals surface area contributed by atoms with Gasteiger partial charge in [-0.1, -0.05) is 0 Å². The molecule has 0 bridgehead atoms. The molecule has 0 amide bonds. The predicted octanol–water partition coefficient (Wildman–Crippen LogP) is 2.87. The molecular weight excluding hydrogens is 499 g/mol. The average molecular weight is 524 g/mol. The average Bonchev–Trinajstić information content (AvgIpc) is 3.14. The minimum absolute atomic E-state index is 0.331. The molecule has 2 aromatic rings. The van der Waals surface area contributed by atoms with Gasteiger partial charge in [0.25, 0.3) is 0 Å². The van der Waals surface area contributed by atoms with Crippen molar-refractivity contribution in [2.24, 2.45) is 0 Å². The van der Waals surface area contributed by atoms with Gasteiger partial charge in [0.2, 0.25) is 10.0 Å². The fourth-order valence-corrected chi connectivity index (χ4v) is 6.53. The van der Waals surface area contributed by atoms with Gasteiger partial charge in [0.05, 0.1) is 32.8 Å². The second-order valence-electron chi connectivity index (χ2n) is 8.31.